The van der Waals surface area contributed by atoms with Crippen molar-refractivity contribution in [3.63, 3.8) is 0 Å². The zero-order chi connectivity index (χ0) is 49.5. The normalized spacial score (nSPS) is 12.0. The van der Waals surface area contributed by atoms with Gasteiger partial charge in [-0.05, 0) is 71.8 Å². The maximum absolute atomic E-state index is 12.5. The van der Waals surface area contributed by atoms with Gasteiger partial charge in [-0.2, -0.15) is 5.26 Å². The monoisotopic (exact) mass is 954 g/mol. The highest BCUT2D eigenvalue weighted by atomic mass is 16.3. The van der Waals surface area contributed by atoms with E-state index in [-0.39, 0.29) is 0 Å². The molecular weight excluding hydrogens is 917 g/mol. The Bertz CT molecular complexity index is 4910. The van der Waals surface area contributed by atoms with Crippen molar-refractivity contribution >= 4 is 115 Å². The molecule has 16 rings (SSSR count). The van der Waals surface area contributed by atoms with Crippen LogP contribution in [-0.2, 0) is 0 Å². The molecular formula is C68H38N6O. The van der Waals surface area contributed by atoms with Crippen molar-refractivity contribution in [1.29, 1.82) is 5.26 Å². The molecule has 0 amide bonds. The van der Waals surface area contributed by atoms with Gasteiger partial charge in [0.15, 0.2) is 5.58 Å². The zero-order valence-electron chi connectivity index (χ0n) is 40.0. The Labute approximate surface area is 428 Å². The number of hydrogen-bond acceptors (Lipinski definition) is 2. The summed E-state index contributed by atoms with van der Waals surface area (Å²) in [5, 5.41) is 22.7. The number of rotatable bonds is 5. The van der Waals surface area contributed by atoms with Crippen LogP contribution in [0, 0.1) is 17.9 Å². The lowest BCUT2D eigenvalue weighted by Gasteiger charge is -2.27. The summed E-state index contributed by atoms with van der Waals surface area (Å²) in [5.74, 6) is 0. The SMILES string of the molecule is [C-]#[N+]c1c(-n2c3ccccc3c3ccccc32)c(C#N)c(-n2c3ccccc3c3ccccc32)c(-n2c3ccc(-c4ccccc4)cc3c3ccc4c5ccccc5oc4c32)c1-n1c2ccccc2c2ccccc21. The zero-order valence-corrected chi connectivity index (χ0v) is 40.0. The van der Waals surface area contributed by atoms with E-state index in [4.69, 9.17) is 9.26 Å². The molecule has 7 nitrogen and oxygen atoms in total. The van der Waals surface area contributed by atoms with Gasteiger partial charge in [0.1, 0.15) is 11.7 Å². The quantitative estimate of drug-likeness (QED) is 0.161. The third-order valence-electron chi connectivity index (χ3n) is 15.6. The van der Waals surface area contributed by atoms with Gasteiger partial charge in [-0.3, -0.25) is 0 Å². The number of benzene rings is 11. The van der Waals surface area contributed by atoms with Gasteiger partial charge < -0.3 is 22.7 Å². The minimum absolute atomic E-state index is 0.330. The highest BCUT2D eigenvalue weighted by Gasteiger charge is 2.35. The van der Waals surface area contributed by atoms with Crippen LogP contribution in [0.15, 0.2) is 235 Å². The summed E-state index contributed by atoms with van der Waals surface area (Å²) < 4.78 is 16.2. The fourth-order valence-electron chi connectivity index (χ4n) is 12.6. The molecule has 5 heterocycles. The Morgan fingerprint density at radius 2 is 0.773 bits per heavy atom. The molecule has 0 spiro atoms. The van der Waals surface area contributed by atoms with E-state index in [1.165, 1.54) is 0 Å². The topological polar surface area (TPSA) is 61.0 Å². The summed E-state index contributed by atoms with van der Waals surface area (Å²) in [6, 6.07) is 83.2. The summed E-state index contributed by atoms with van der Waals surface area (Å²) in [6.45, 7) is 9.77. The number of nitriles is 1. The molecule has 75 heavy (non-hydrogen) atoms. The molecule has 0 fully saturated rings. The molecule has 0 aliphatic heterocycles. The Balaban J connectivity index is 1.24. The predicted molar refractivity (Wildman–Crippen MR) is 307 cm³/mol. The lowest BCUT2D eigenvalue weighted by atomic mass is 10.0. The molecule has 0 aliphatic carbocycles. The summed E-state index contributed by atoms with van der Waals surface area (Å²) >= 11 is 0. The smallest absolute Gasteiger partial charge is 0.237 e. The number of nitrogens with zero attached hydrogens (tertiary/aromatic N) is 6. The molecule has 0 atom stereocenters. The lowest BCUT2D eigenvalue weighted by Crippen LogP contribution is -2.14. The Morgan fingerprint density at radius 3 is 1.28 bits per heavy atom. The van der Waals surface area contributed by atoms with Crippen LogP contribution in [-0.4, -0.2) is 18.3 Å². The second-order valence-electron chi connectivity index (χ2n) is 19.3. The number of para-hydroxylation sites is 7. The minimum atomic E-state index is 0.330. The van der Waals surface area contributed by atoms with E-state index in [0.29, 0.717) is 39.6 Å². The van der Waals surface area contributed by atoms with Crippen LogP contribution in [0.1, 0.15) is 5.56 Å². The van der Waals surface area contributed by atoms with Gasteiger partial charge in [-0.1, -0.05) is 170 Å². The molecule has 0 bridgehead atoms. The van der Waals surface area contributed by atoms with Crippen molar-refractivity contribution in [1.82, 2.24) is 18.3 Å². The van der Waals surface area contributed by atoms with Crippen LogP contribution >= 0.6 is 0 Å². The lowest BCUT2D eigenvalue weighted by molar-refractivity contribution is 0.671. The maximum atomic E-state index is 12.5. The largest absolute Gasteiger partial charge is 0.454 e. The van der Waals surface area contributed by atoms with Crippen molar-refractivity contribution < 1.29 is 4.42 Å². The third kappa shape index (κ3) is 5.50. The van der Waals surface area contributed by atoms with E-state index < -0.39 is 0 Å². The first kappa shape index (κ1) is 41.1. The van der Waals surface area contributed by atoms with Gasteiger partial charge in [-0.25, -0.2) is 4.85 Å². The first-order chi connectivity index (χ1) is 37.2. The Hall–Kier alpha value is -10.6. The highest BCUT2D eigenvalue weighted by Crippen LogP contribution is 2.53. The van der Waals surface area contributed by atoms with Crippen LogP contribution < -0.4 is 0 Å². The summed E-state index contributed by atoms with van der Waals surface area (Å²) in [6.07, 6.45) is 0. The van der Waals surface area contributed by atoms with E-state index in [2.05, 4.69) is 225 Å². The Morgan fingerprint density at radius 1 is 0.347 bits per heavy atom. The van der Waals surface area contributed by atoms with Crippen molar-refractivity contribution in [3.8, 4) is 39.9 Å². The van der Waals surface area contributed by atoms with Crippen LogP contribution in [0.2, 0.25) is 0 Å². The molecule has 11 aromatic carbocycles. The third-order valence-corrected chi connectivity index (χ3v) is 15.6. The maximum Gasteiger partial charge on any atom is 0.237 e. The molecule has 0 radical (unpaired) electrons. The van der Waals surface area contributed by atoms with E-state index >= 15 is 0 Å². The number of furan rings is 1. The summed E-state index contributed by atoms with van der Waals surface area (Å²) in [4.78, 5) is 4.76. The molecule has 16 aromatic rings. The standard InChI is InChI=1S/C68H38N6O/c1-70-62-63(71-54-28-12-5-21-43(54)44-22-6-13-29-55(44)71)53(40-69)64(72-56-30-14-7-23-45(56)46-24-8-15-31-57(46)72)67(66(62)73-58-32-16-9-25-47(58)48-26-10-17-33-59(48)73)74-60-38-35-42(41-19-3-2-4-20-41)39-52(60)50-36-37-51-49-27-11-18-34-61(49)75-68(51)65(50)74/h2-39H. The van der Waals surface area contributed by atoms with Crippen LogP contribution in [0.4, 0.5) is 5.69 Å². The summed E-state index contributed by atoms with van der Waals surface area (Å²) in [5.41, 5.74) is 14.0. The van der Waals surface area contributed by atoms with Gasteiger partial charge in [0, 0.05) is 53.9 Å². The predicted octanol–water partition coefficient (Wildman–Crippen LogP) is 18.1. The van der Waals surface area contributed by atoms with Gasteiger partial charge in [-0.15, -0.1) is 0 Å². The van der Waals surface area contributed by atoms with Crippen molar-refractivity contribution in [3.05, 3.63) is 248 Å². The average Bonchev–Trinajstić information content (AvgIpc) is 4.32. The van der Waals surface area contributed by atoms with E-state index in [1.807, 2.05) is 30.3 Å². The second kappa shape index (κ2) is 15.5. The average molecular weight is 955 g/mol. The number of aromatic nitrogens is 4. The van der Waals surface area contributed by atoms with Crippen molar-refractivity contribution in [2.45, 2.75) is 0 Å². The van der Waals surface area contributed by atoms with Gasteiger partial charge >= 0.3 is 0 Å². The van der Waals surface area contributed by atoms with Crippen LogP contribution in [0.3, 0.4) is 0 Å². The molecule has 0 unspecified atom stereocenters. The van der Waals surface area contributed by atoms with Gasteiger partial charge in [0.2, 0.25) is 5.69 Å². The number of hydrogen-bond donors (Lipinski definition) is 0. The first-order valence-electron chi connectivity index (χ1n) is 25.1. The van der Waals surface area contributed by atoms with Crippen molar-refractivity contribution in [2.75, 3.05) is 0 Å². The molecule has 0 saturated heterocycles. The molecule has 0 N–H and O–H groups in total. The first-order valence-corrected chi connectivity index (χ1v) is 25.1. The second-order valence-corrected chi connectivity index (χ2v) is 19.3. The summed E-state index contributed by atoms with van der Waals surface area (Å²) in [7, 11) is 0. The molecule has 7 heteroatoms. The van der Waals surface area contributed by atoms with Gasteiger partial charge in [0.05, 0.1) is 79.0 Å². The van der Waals surface area contributed by atoms with E-state index in [1.54, 1.807) is 0 Å². The van der Waals surface area contributed by atoms with Gasteiger partial charge in [0.25, 0.3) is 0 Å². The minimum Gasteiger partial charge on any atom is -0.454 e. The number of fused-ring (bicyclic) bond motifs is 16. The highest BCUT2D eigenvalue weighted by molar-refractivity contribution is 6.23. The molecule has 5 aromatic heterocycles. The van der Waals surface area contributed by atoms with Crippen LogP contribution in [0.5, 0.6) is 0 Å². The van der Waals surface area contributed by atoms with Crippen LogP contribution in [0.25, 0.3) is 148 Å². The Kier molecular flexibility index (Phi) is 8.46. The van der Waals surface area contributed by atoms with E-state index in [0.717, 1.165) is 115 Å². The fourth-order valence-corrected chi connectivity index (χ4v) is 12.6. The molecule has 346 valence electrons. The molecule has 0 aliphatic rings. The van der Waals surface area contributed by atoms with E-state index in [9.17, 15) is 11.8 Å². The van der Waals surface area contributed by atoms with Crippen molar-refractivity contribution in [2.24, 2.45) is 0 Å². The fraction of sp³-hybridized carbons (Fsp3) is 0. The molecule has 0 saturated carbocycles.